The zero-order valence-electron chi connectivity index (χ0n) is 12.7. The molecule has 0 aliphatic heterocycles. The summed E-state index contributed by atoms with van der Waals surface area (Å²) >= 11 is 0. The SMILES string of the molecule is C[C@@]1(O)c2ccccc2[C@](C)(O)c2c1ccc1ccccc21. The Bertz CT molecular complexity index is 891. The van der Waals surface area contributed by atoms with Crippen LogP contribution in [0.2, 0.25) is 0 Å². The number of hydrogen-bond donors (Lipinski definition) is 2. The Labute approximate surface area is 129 Å². The van der Waals surface area contributed by atoms with Crippen LogP contribution in [0.15, 0.2) is 60.7 Å². The molecule has 2 heteroatoms. The topological polar surface area (TPSA) is 40.5 Å². The lowest BCUT2D eigenvalue weighted by Crippen LogP contribution is -2.39. The van der Waals surface area contributed by atoms with Crippen LogP contribution in [0.1, 0.15) is 36.1 Å². The summed E-state index contributed by atoms with van der Waals surface area (Å²) in [6.45, 7) is 3.61. The van der Waals surface area contributed by atoms with E-state index in [0.29, 0.717) is 0 Å². The maximum Gasteiger partial charge on any atom is 0.113 e. The van der Waals surface area contributed by atoms with Gasteiger partial charge in [0.05, 0.1) is 0 Å². The molecule has 3 aromatic rings. The highest BCUT2D eigenvalue weighted by molar-refractivity contribution is 5.89. The van der Waals surface area contributed by atoms with Gasteiger partial charge in [-0.2, -0.15) is 0 Å². The average molecular weight is 290 g/mol. The van der Waals surface area contributed by atoms with Crippen LogP contribution in [0.3, 0.4) is 0 Å². The lowest BCUT2D eigenvalue weighted by molar-refractivity contribution is 0.0521. The molecule has 0 unspecified atom stereocenters. The third kappa shape index (κ3) is 1.57. The summed E-state index contributed by atoms with van der Waals surface area (Å²) in [5, 5.41) is 24.5. The van der Waals surface area contributed by atoms with Gasteiger partial charge < -0.3 is 10.2 Å². The van der Waals surface area contributed by atoms with Gasteiger partial charge in [0.2, 0.25) is 0 Å². The predicted molar refractivity (Wildman–Crippen MR) is 87.7 cm³/mol. The minimum Gasteiger partial charge on any atom is -0.381 e. The van der Waals surface area contributed by atoms with E-state index in [2.05, 4.69) is 0 Å². The van der Waals surface area contributed by atoms with Gasteiger partial charge in [-0.1, -0.05) is 60.7 Å². The maximum atomic E-state index is 11.3. The first-order chi connectivity index (χ1) is 10.4. The highest BCUT2D eigenvalue weighted by Gasteiger charge is 2.45. The predicted octanol–water partition coefficient (Wildman–Crippen LogP) is 3.66. The number of aliphatic hydroxyl groups is 2. The molecule has 4 rings (SSSR count). The van der Waals surface area contributed by atoms with E-state index in [1.165, 1.54) is 0 Å². The van der Waals surface area contributed by atoms with Gasteiger partial charge in [0.25, 0.3) is 0 Å². The molecule has 0 saturated carbocycles. The third-order valence-electron chi connectivity index (χ3n) is 4.92. The van der Waals surface area contributed by atoms with Crippen molar-refractivity contribution in [1.29, 1.82) is 0 Å². The van der Waals surface area contributed by atoms with Crippen LogP contribution in [-0.2, 0) is 11.2 Å². The molecule has 0 bridgehead atoms. The third-order valence-corrected chi connectivity index (χ3v) is 4.92. The summed E-state index contributed by atoms with van der Waals surface area (Å²) in [5.41, 5.74) is 0.864. The Morgan fingerprint density at radius 2 is 1.23 bits per heavy atom. The molecule has 2 nitrogen and oxygen atoms in total. The fourth-order valence-corrected chi connectivity index (χ4v) is 3.81. The second-order valence-corrected chi connectivity index (χ2v) is 6.40. The standard InChI is InChI=1S/C20H18O2/c1-19(21)15-9-5-6-10-16(15)20(2,22)18-14-8-4-3-7-13(14)11-12-17(18)19/h3-12,21-22H,1-2H3/t19-,20+/m1/s1. The molecule has 110 valence electrons. The monoisotopic (exact) mass is 290 g/mol. The van der Waals surface area contributed by atoms with Crippen LogP contribution in [0, 0.1) is 0 Å². The van der Waals surface area contributed by atoms with Gasteiger partial charge in [-0.3, -0.25) is 0 Å². The lowest BCUT2D eigenvalue weighted by atomic mass is 9.67. The smallest absolute Gasteiger partial charge is 0.113 e. The summed E-state index contributed by atoms with van der Waals surface area (Å²) < 4.78 is 0. The molecule has 1 aliphatic rings. The molecule has 0 aromatic heterocycles. The van der Waals surface area contributed by atoms with Gasteiger partial charge in [-0.25, -0.2) is 0 Å². The molecule has 0 spiro atoms. The van der Waals surface area contributed by atoms with E-state index < -0.39 is 11.2 Å². The van der Waals surface area contributed by atoms with E-state index in [4.69, 9.17) is 0 Å². The van der Waals surface area contributed by atoms with Gasteiger partial charge in [-0.15, -0.1) is 0 Å². The van der Waals surface area contributed by atoms with Crippen molar-refractivity contribution in [3.63, 3.8) is 0 Å². The highest BCUT2D eigenvalue weighted by Crippen LogP contribution is 2.49. The Hall–Kier alpha value is -2.16. The minimum absolute atomic E-state index is 0.766. The Balaban J connectivity index is 2.19. The van der Waals surface area contributed by atoms with Crippen LogP contribution in [0.5, 0.6) is 0 Å². The molecule has 3 aromatic carbocycles. The van der Waals surface area contributed by atoms with Crippen molar-refractivity contribution in [2.24, 2.45) is 0 Å². The Kier molecular flexibility index (Phi) is 2.57. The second-order valence-electron chi connectivity index (χ2n) is 6.40. The molecular weight excluding hydrogens is 272 g/mol. The summed E-state index contributed by atoms with van der Waals surface area (Å²) in [6, 6.07) is 19.5. The molecule has 1 aliphatic carbocycles. The van der Waals surface area contributed by atoms with Gasteiger partial charge in [0, 0.05) is 5.56 Å². The van der Waals surface area contributed by atoms with Crippen LogP contribution in [-0.4, -0.2) is 10.2 Å². The number of fused-ring (bicyclic) bond motifs is 4. The van der Waals surface area contributed by atoms with Gasteiger partial charge in [0.1, 0.15) is 11.2 Å². The van der Waals surface area contributed by atoms with Crippen molar-refractivity contribution >= 4 is 10.8 Å². The van der Waals surface area contributed by atoms with E-state index in [1.807, 2.05) is 67.6 Å². The van der Waals surface area contributed by atoms with Crippen LogP contribution >= 0.6 is 0 Å². The molecule has 2 N–H and O–H groups in total. The number of rotatable bonds is 0. The van der Waals surface area contributed by atoms with Crippen LogP contribution in [0.25, 0.3) is 10.8 Å². The van der Waals surface area contributed by atoms with E-state index in [-0.39, 0.29) is 0 Å². The van der Waals surface area contributed by atoms with E-state index in [1.54, 1.807) is 6.92 Å². The van der Waals surface area contributed by atoms with Crippen molar-refractivity contribution in [3.8, 4) is 0 Å². The van der Waals surface area contributed by atoms with Crippen LogP contribution < -0.4 is 0 Å². The molecule has 0 fully saturated rings. The highest BCUT2D eigenvalue weighted by atomic mass is 16.3. The van der Waals surface area contributed by atoms with Gasteiger partial charge in [0.15, 0.2) is 0 Å². The van der Waals surface area contributed by atoms with E-state index in [0.717, 1.165) is 33.0 Å². The first kappa shape index (κ1) is 13.5. The molecule has 0 radical (unpaired) electrons. The lowest BCUT2D eigenvalue weighted by Gasteiger charge is -2.42. The molecule has 22 heavy (non-hydrogen) atoms. The van der Waals surface area contributed by atoms with Crippen molar-refractivity contribution in [2.45, 2.75) is 25.0 Å². The average Bonchev–Trinajstić information content (AvgIpc) is 2.52. The minimum atomic E-state index is -1.13. The fraction of sp³-hybridized carbons (Fsp3) is 0.200. The Morgan fingerprint density at radius 1 is 0.636 bits per heavy atom. The summed E-state index contributed by atoms with van der Waals surface area (Å²) in [6.07, 6.45) is 0. The van der Waals surface area contributed by atoms with Crippen molar-refractivity contribution in [3.05, 3.63) is 82.9 Å². The molecule has 0 heterocycles. The van der Waals surface area contributed by atoms with E-state index in [9.17, 15) is 10.2 Å². The van der Waals surface area contributed by atoms with Crippen molar-refractivity contribution in [2.75, 3.05) is 0 Å². The van der Waals surface area contributed by atoms with Crippen molar-refractivity contribution < 1.29 is 10.2 Å². The van der Waals surface area contributed by atoms with Gasteiger partial charge >= 0.3 is 0 Å². The molecule has 2 atom stereocenters. The maximum absolute atomic E-state index is 11.3. The number of hydrogen-bond acceptors (Lipinski definition) is 2. The summed E-state index contributed by atoms with van der Waals surface area (Å²) in [7, 11) is 0. The van der Waals surface area contributed by atoms with E-state index >= 15 is 0 Å². The Morgan fingerprint density at radius 3 is 1.95 bits per heavy atom. The second kappa shape index (κ2) is 4.19. The largest absolute Gasteiger partial charge is 0.381 e. The molecule has 0 saturated heterocycles. The quantitative estimate of drug-likeness (QED) is 0.663. The first-order valence-electron chi connectivity index (χ1n) is 7.51. The summed E-state index contributed by atoms with van der Waals surface area (Å²) in [4.78, 5) is 0. The van der Waals surface area contributed by atoms with Crippen LogP contribution in [0.4, 0.5) is 0 Å². The molecule has 0 amide bonds. The zero-order chi connectivity index (χ0) is 15.5. The zero-order valence-corrected chi connectivity index (χ0v) is 12.7. The normalized spacial score (nSPS) is 26.5. The summed E-state index contributed by atoms with van der Waals surface area (Å²) in [5.74, 6) is 0. The van der Waals surface area contributed by atoms with Crippen molar-refractivity contribution in [1.82, 2.24) is 0 Å². The fourth-order valence-electron chi connectivity index (χ4n) is 3.81. The number of benzene rings is 3. The van der Waals surface area contributed by atoms with Gasteiger partial charge in [-0.05, 0) is 41.3 Å². The molecular formula is C20H18O2. The first-order valence-corrected chi connectivity index (χ1v) is 7.51.